The van der Waals surface area contributed by atoms with Crippen LogP contribution in [0.1, 0.15) is 42.5 Å². The Bertz CT molecular complexity index is 983. The summed E-state index contributed by atoms with van der Waals surface area (Å²) < 4.78 is 0. The minimum absolute atomic E-state index is 0.0616. The summed E-state index contributed by atoms with van der Waals surface area (Å²) in [5.74, 6) is 0.294. The number of rotatable bonds is 5. The number of hydrogen-bond donors (Lipinski definition) is 4. The molecule has 0 unspecified atom stereocenters. The van der Waals surface area contributed by atoms with Crippen LogP contribution in [-0.4, -0.2) is 24.6 Å². The van der Waals surface area contributed by atoms with Crippen molar-refractivity contribution in [3.05, 3.63) is 58.7 Å². The van der Waals surface area contributed by atoms with Gasteiger partial charge in [-0.15, -0.1) is 0 Å². The van der Waals surface area contributed by atoms with Gasteiger partial charge in [0.2, 0.25) is 0 Å². The lowest BCUT2D eigenvalue weighted by Gasteiger charge is -2.52. The van der Waals surface area contributed by atoms with Gasteiger partial charge in [0.15, 0.2) is 0 Å². The van der Waals surface area contributed by atoms with Gasteiger partial charge in [-0.05, 0) is 79.8 Å². The molecule has 2 aromatic carbocycles. The molecule has 1 aliphatic rings. The van der Waals surface area contributed by atoms with Crippen molar-refractivity contribution in [1.29, 1.82) is 0 Å². The number of urea groups is 2. The number of aryl methyl sites for hydroxylation is 4. The second-order valence-electron chi connectivity index (χ2n) is 9.38. The van der Waals surface area contributed by atoms with Gasteiger partial charge in [0.05, 0.1) is 0 Å². The highest BCUT2D eigenvalue weighted by atomic mass is 16.2. The fourth-order valence-electron chi connectivity index (χ4n) is 4.05. The van der Waals surface area contributed by atoms with E-state index < -0.39 is 0 Å². The summed E-state index contributed by atoms with van der Waals surface area (Å²) >= 11 is 0. The molecule has 1 aliphatic carbocycles. The van der Waals surface area contributed by atoms with Gasteiger partial charge in [-0.25, -0.2) is 9.59 Å². The Morgan fingerprint density at radius 1 is 0.871 bits per heavy atom. The van der Waals surface area contributed by atoms with Crippen molar-refractivity contribution < 1.29 is 9.59 Å². The molecule has 3 rings (SSSR count). The molecule has 4 amide bonds. The van der Waals surface area contributed by atoms with Crippen molar-refractivity contribution in [3.63, 3.8) is 0 Å². The van der Waals surface area contributed by atoms with Crippen molar-refractivity contribution in [2.24, 2.45) is 11.3 Å². The molecule has 1 saturated carbocycles. The topological polar surface area (TPSA) is 82.3 Å². The molecule has 6 nitrogen and oxygen atoms in total. The normalized spacial score (nSPS) is 19.2. The van der Waals surface area contributed by atoms with E-state index in [0.29, 0.717) is 12.5 Å². The molecule has 6 heteroatoms. The second-order valence-corrected chi connectivity index (χ2v) is 9.38. The molecule has 2 atom stereocenters. The lowest BCUT2D eigenvalue weighted by Crippen LogP contribution is -2.61. The Morgan fingerprint density at radius 3 is 1.90 bits per heavy atom. The quantitative estimate of drug-likeness (QED) is 0.529. The molecule has 31 heavy (non-hydrogen) atoms. The largest absolute Gasteiger partial charge is 0.338 e. The van der Waals surface area contributed by atoms with Gasteiger partial charge < -0.3 is 21.3 Å². The highest BCUT2D eigenvalue weighted by Gasteiger charge is 2.48. The van der Waals surface area contributed by atoms with Crippen LogP contribution in [0.15, 0.2) is 36.4 Å². The number of nitrogens with one attached hydrogen (secondary N) is 4. The van der Waals surface area contributed by atoms with E-state index in [1.165, 1.54) is 0 Å². The third-order valence-electron chi connectivity index (χ3n) is 6.57. The van der Waals surface area contributed by atoms with E-state index in [1.807, 2.05) is 64.1 Å². The van der Waals surface area contributed by atoms with E-state index in [0.717, 1.165) is 40.0 Å². The molecule has 166 valence electrons. The molecule has 0 bridgehead atoms. The van der Waals surface area contributed by atoms with Crippen LogP contribution in [0, 0.1) is 39.0 Å². The number of carbonyl (C=O) groups excluding carboxylic acids is 2. The first-order chi connectivity index (χ1) is 14.6. The predicted octanol–water partition coefficient (Wildman–Crippen LogP) is 5.28. The monoisotopic (exact) mass is 422 g/mol. The fourth-order valence-corrected chi connectivity index (χ4v) is 4.05. The van der Waals surface area contributed by atoms with Crippen molar-refractivity contribution in [3.8, 4) is 0 Å². The third kappa shape index (κ3) is 5.37. The number of anilines is 2. The van der Waals surface area contributed by atoms with Crippen LogP contribution in [0.25, 0.3) is 0 Å². The molecule has 0 heterocycles. The van der Waals surface area contributed by atoms with Crippen LogP contribution in [0.5, 0.6) is 0 Å². The number of amides is 4. The van der Waals surface area contributed by atoms with E-state index in [1.54, 1.807) is 0 Å². The smallest absolute Gasteiger partial charge is 0.319 e. The maximum Gasteiger partial charge on any atom is 0.319 e. The lowest BCUT2D eigenvalue weighted by molar-refractivity contribution is 0.0244. The number of carbonyl (C=O) groups is 2. The van der Waals surface area contributed by atoms with E-state index in [-0.39, 0.29) is 23.5 Å². The van der Waals surface area contributed by atoms with Gasteiger partial charge in [-0.1, -0.05) is 38.1 Å². The molecule has 0 saturated heterocycles. The fraction of sp³-hybridized carbons (Fsp3) is 0.440. The highest BCUT2D eigenvalue weighted by Crippen LogP contribution is 2.45. The van der Waals surface area contributed by atoms with Crippen LogP contribution >= 0.6 is 0 Å². The summed E-state index contributed by atoms with van der Waals surface area (Å²) in [6.45, 7) is 12.8. The van der Waals surface area contributed by atoms with Crippen LogP contribution < -0.4 is 21.3 Å². The van der Waals surface area contributed by atoms with Crippen molar-refractivity contribution >= 4 is 23.4 Å². The van der Waals surface area contributed by atoms with Crippen LogP contribution in [0.4, 0.5) is 21.0 Å². The molecule has 2 aromatic rings. The first kappa shape index (κ1) is 22.7. The SMILES string of the molecule is Cc1ccc(C)c(NC(=O)NC[C@H]2C[C@@H](NC(=O)Nc3cc(C)ccc3C)C2(C)C)c1. The maximum absolute atomic E-state index is 12.5. The van der Waals surface area contributed by atoms with Gasteiger partial charge >= 0.3 is 12.1 Å². The predicted molar refractivity (Wildman–Crippen MR) is 127 cm³/mol. The minimum atomic E-state index is -0.200. The van der Waals surface area contributed by atoms with Crippen LogP contribution in [0.2, 0.25) is 0 Å². The molecule has 0 aliphatic heterocycles. The van der Waals surface area contributed by atoms with Crippen molar-refractivity contribution in [1.82, 2.24) is 10.6 Å². The van der Waals surface area contributed by atoms with Gasteiger partial charge in [-0.2, -0.15) is 0 Å². The van der Waals surface area contributed by atoms with E-state index in [2.05, 4.69) is 35.1 Å². The summed E-state index contributed by atoms with van der Waals surface area (Å²) in [4.78, 5) is 24.9. The maximum atomic E-state index is 12.5. The molecular weight excluding hydrogens is 388 g/mol. The summed E-state index contributed by atoms with van der Waals surface area (Å²) in [5, 5.41) is 12.0. The first-order valence-electron chi connectivity index (χ1n) is 10.8. The average molecular weight is 423 g/mol. The zero-order valence-electron chi connectivity index (χ0n) is 19.3. The first-order valence-corrected chi connectivity index (χ1v) is 10.8. The van der Waals surface area contributed by atoms with Crippen molar-refractivity contribution in [2.45, 2.75) is 54.0 Å². The van der Waals surface area contributed by atoms with Crippen LogP contribution in [-0.2, 0) is 0 Å². The zero-order valence-corrected chi connectivity index (χ0v) is 19.3. The molecule has 0 spiro atoms. The average Bonchev–Trinajstić information content (AvgIpc) is 2.69. The van der Waals surface area contributed by atoms with E-state index in [9.17, 15) is 9.59 Å². The van der Waals surface area contributed by atoms with Crippen molar-refractivity contribution in [2.75, 3.05) is 17.2 Å². The number of benzene rings is 2. The second kappa shape index (κ2) is 9.00. The highest BCUT2D eigenvalue weighted by molar-refractivity contribution is 5.91. The summed E-state index contributed by atoms with van der Waals surface area (Å²) in [5.41, 5.74) is 5.83. The Morgan fingerprint density at radius 2 is 1.39 bits per heavy atom. The minimum Gasteiger partial charge on any atom is -0.338 e. The Labute approximate surface area is 185 Å². The summed E-state index contributed by atoms with van der Waals surface area (Å²) in [6.07, 6.45) is 0.830. The molecule has 4 N–H and O–H groups in total. The van der Waals surface area contributed by atoms with E-state index in [4.69, 9.17) is 0 Å². The van der Waals surface area contributed by atoms with Gasteiger partial charge in [0.25, 0.3) is 0 Å². The molecule has 0 aromatic heterocycles. The zero-order chi connectivity index (χ0) is 22.8. The van der Waals surface area contributed by atoms with E-state index >= 15 is 0 Å². The van der Waals surface area contributed by atoms with Crippen LogP contribution in [0.3, 0.4) is 0 Å². The Balaban J connectivity index is 1.48. The van der Waals surface area contributed by atoms with Gasteiger partial charge in [-0.3, -0.25) is 0 Å². The summed E-state index contributed by atoms with van der Waals surface area (Å²) in [6, 6.07) is 11.7. The molecular formula is C25H34N4O2. The lowest BCUT2D eigenvalue weighted by atomic mass is 9.58. The molecule has 0 radical (unpaired) electrons. The Kier molecular flexibility index (Phi) is 6.58. The summed E-state index contributed by atoms with van der Waals surface area (Å²) in [7, 11) is 0. The van der Waals surface area contributed by atoms with Gasteiger partial charge in [0.1, 0.15) is 0 Å². The molecule has 1 fully saturated rings. The van der Waals surface area contributed by atoms with Gasteiger partial charge in [0, 0.05) is 24.0 Å². The Hall–Kier alpha value is -3.02. The number of hydrogen-bond acceptors (Lipinski definition) is 2. The third-order valence-corrected chi connectivity index (χ3v) is 6.57. The standard InChI is InChI=1S/C25H34N4O2/c1-15-7-9-17(3)20(11-15)27-23(30)26-14-19-13-22(25(19,5)6)29-24(31)28-21-12-16(2)8-10-18(21)4/h7-12,19,22H,13-14H2,1-6H3,(H2,26,27,30)(H2,28,29,31)/t19-,22-/m1/s1.